The number of nitrogens with one attached hydrogen (secondary N) is 1. The molecule has 0 fully saturated rings. The second-order valence-corrected chi connectivity index (χ2v) is 9.07. The smallest absolute Gasteiger partial charge is 0.417 e. The van der Waals surface area contributed by atoms with Crippen LogP contribution in [-0.4, -0.2) is 40.0 Å². The third kappa shape index (κ3) is 4.80. The van der Waals surface area contributed by atoms with E-state index in [-0.39, 0.29) is 18.1 Å². The Labute approximate surface area is 197 Å². The molecule has 1 atom stereocenters. The van der Waals surface area contributed by atoms with Crippen molar-refractivity contribution in [3.8, 4) is 11.1 Å². The molecule has 1 aliphatic rings. The summed E-state index contributed by atoms with van der Waals surface area (Å²) in [6.45, 7) is 5.17. The maximum atomic E-state index is 12.7. The molecule has 8 nitrogen and oxygen atoms in total. The molecule has 1 amide bonds. The summed E-state index contributed by atoms with van der Waals surface area (Å²) in [6.07, 6.45) is 1.22. The van der Waals surface area contributed by atoms with Crippen LogP contribution in [0.1, 0.15) is 49.4 Å². The molecule has 4 rings (SSSR count). The zero-order valence-corrected chi connectivity index (χ0v) is 19.1. The van der Waals surface area contributed by atoms with Gasteiger partial charge in [0.25, 0.3) is 0 Å². The van der Waals surface area contributed by atoms with Crippen LogP contribution < -0.4 is 5.32 Å². The van der Waals surface area contributed by atoms with Gasteiger partial charge in [0.05, 0.1) is 0 Å². The summed E-state index contributed by atoms with van der Waals surface area (Å²) < 4.78 is 11.9. The van der Waals surface area contributed by atoms with Crippen LogP contribution in [0.15, 0.2) is 67.0 Å². The average Bonchev–Trinajstić information content (AvgIpc) is 3.38. The second kappa shape index (κ2) is 9.05. The summed E-state index contributed by atoms with van der Waals surface area (Å²) in [7, 11) is 0. The molecule has 2 N–H and O–H groups in total. The van der Waals surface area contributed by atoms with Gasteiger partial charge in [-0.1, -0.05) is 48.5 Å². The number of amides is 1. The van der Waals surface area contributed by atoms with E-state index in [1.165, 1.54) is 18.5 Å². The van der Waals surface area contributed by atoms with Gasteiger partial charge in [-0.2, -0.15) is 0 Å². The normalized spacial score (nSPS) is 13.5. The van der Waals surface area contributed by atoms with E-state index in [1.54, 1.807) is 20.8 Å². The van der Waals surface area contributed by atoms with Crippen molar-refractivity contribution in [1.82, 2.24) is 9.88 Å². The summed E-state index contributed by atoms with van der Waals surface area (Å²) in [4.78, 5) is 36.5. The summed E-state index contributed by atoms with van der Waals surface area (Å²) in [5, 5.41) is 11.9. The van der Waals surface area contributed by atoms with E-state index in [1.807, 2.05) is 36.4 Å². The lowest BCUT2D eigenvalue weighted by Crippen LogP contribution is -2.38. The van der Waals surface area contributed by atoms with Crippen molar-refractivity contribution < 1.29 is 29.0 Å². The molecule has 34 heavy (non-hydrogen) atoms. The van der Waals surface area contributed by atoms with E-state index in [0.29, 0.717) is 0 Å². The second-order valence-electron chi connectivity index (χ2n) is 9.07. The number of benzene rings is 2. The zero-order chi connectivity index (χ0) is 24.5. The first-order valence-electron chi connectivity index (χ1n) is 10.9. The quantitative estimate of drug-likeness (QED) is 0.556. The molecule has 0 bridgehead atoms. The number of carboxylic acid groups (broad SMARTS) is 1. The molecule has 0 aliphatic heterocycles. The van der Waals surface area contributed by atoms with Gasteiger partial charge in [-0.3, -0.25) is 4.57 Å². The van der Waals surface area contributed by atoms with Gasteiger partial charge >= 0.3 is 18.2 Å². The molecule has 1 heterocycles. The minimum Gasteiger partial charge on any atom is -0.479 e. The molecular weight excluding hydrogens is 436 g/mol. The van der Waals surface area contributed by atoms with E-state index in [9.17, 15) is 19.5 Å². The SMILES string of the molecule is CC(C)(C)OC(=O)N[C@H](C(=O)O)c1ccn(C(=O)OCC2c3ccccc3-c3ccccc32)c1. The number of aromatic nitrogens is 1. The van der Waals surface area contributed by atoms with Crippen molar-refractivity contribution in [2.45, 2.75) is 38.3 Å². The molecule has 1 aliphatic carbocycles. The van der Waals surface area contributed by atoms with Crippen molar-refractivity contribution in [2.24, 2.45) is 0 Å². The third-order valence-corrected chi connectivity index (χ3v) is 5.50. The summed E-state index contributed by atoms with van der Waals surface area (Å²) in [5.74, 6) is -1.37. The summed E-state index contributed by atoms with van der Waals surface area (Å²) in [5.41, 5.74) is 3.88. The minimum atomic E-state index is -1.38. The highest BCUT2D eigenvalue weighted by Gasteiger charge is 2.30. The maximum absolute atomic E-state index is 12.7. The fraction of sp³-hybridized carbons (Fsp3) is 0.269. The standard InChI is InChI=1S/C26H26N2O6/c1-26(2,3)34-24(31)27-22(23(29)30)16-12-13-28(14-16)25(32)33-15-21-19-10-6-4-8-17(19)18-9-5-7-11-20(18)21/h4-14,21-22H,15H2,1-3H3,(H,27,31)(H,29,30)/t22-/m0/s1. The Morgan fingerprint density at radius 3 is 2.15 bits per heavy atom. The number of carboxylic acids is 1. The maximum Gasteiger partial charge on any atom is 0.417 e. The van der Waals surface area contributed by atoms with Crippen LogP contribution in [0.25, 0.3) is 11.1 Å². The molecule has 2 aromatic carbocycles. The minimum absolute atomic E-state index is 0.0908. The van der Waals surface area contributed by atoms with Crippen molar-refractivity contribution >= 4 is 18.2 Å². The van der Waals surface area contributed by atoms with Crippen LogP contribution in [-0.2, 0) is 14.3 Å². The van der Waals surface area contributed by atoms with E-state index in [2.05, 4.69) is 17.4 Å². The van der Waals surface area contributed by atoms with Gasteiger partial charge in [-0.05, 0) is 49.1 Å². The lowest BCUT2D eigenvalue weighted by molar-refractivity contribution is -0.139. The monoisotopic (exact) mass is 462 g/mol. The molecule has 0 unspecified atom stereocenters. The number of rotatable bonds is 5. The first kappa shape index (κ1) is 23.1. The van der Waals surface area contributed by atoms with Crippen LogP contribution in [0.4, 0.5) is 9.59 Å². The van der Waals surface area contributed by atoms with Crippen LogP contribution in [0, 0.1) is 0 Å². The van der Waals surface area contributed by atoms with E-state index >= 15 is 0 Å². The number of carbonyl (C=O) groups is 3. The number of hydrogen-bond donors (Lipinski definition) is 2. The molecule has 8 heteroatoms. The molecular formula is C26H26N2O6. The number of aliphatic carboxylic acids is 1. The van der Waals surface area contributed by atoms with E-state index < -0.39 is 29.8 Å². The molecule has 0 spiro atoms. The highest BCUT2D eigenvalue weighted by atomic mass is 16.6. The topological polar surface area (TPSA) is 107 Å². The van der Waals surface area contributed by atoms with Gasteiger partial charge in [-0.15, -0.1) is 0 Å². The number of alkyl carbamates (subject to hydrolysis) is 1. The van der Waals surface area contributed by atoms with Gasteiger partial charge in [0.2, 0.25) is 0 Å². The predicted octanol–water partition coefficient (Wildman–Crippen LogP) is 4.94. The third-order valence-electron chi connectivity index (χ3n) is 5.50. The summed E-state index contributed by atoms with van der Waals surface area (Å²) in [6, 6.07) is 16.1. The van der Waals surface area contributed by atoms with Gasteiger partial charge in [0.15, 0.2) is 6.04 Å². The Morgan fingerprint density at radius 2 is 1.59 bits per heavy atom. The molecule has 1 aromatic heterocycles. The van der Waals surface area contributed by atoms with Gasteiger partial charge in [0, 0.05) is 23.9 Å². The lowest BCUT2D eigenvalue weighted by Gasteiger charge is -2.21. The molecule has 0 saturated heterocycles. The molecule has 176 valence electrons. The Kier molecular flexibility index (Phi) is 6.15. The number of nitrogens with zero attached hydrogens (tertiary/aromatic N) is 1. The van der Waals surface area contributed by atoms with Gasteiger partial charge in [0.1, 0.15) is 12.2 Å². The van der Waals surface area contributed by atoms with E-state index in [0.717, 1.165) is 26.8 Å². The fourth-order valence-corrected chi connectivity index (χ4v) is 4.08. The van der Waals surface area contributed by atoms with Crippen molar-refractivity contribution in [3.05, 3.63) is 83.7 Å². The fourth-order valence-electron chi connectivity index (χ4n) is 4.08. The molecule has 0 saturated carbocycles. The van der Waals surface area contributed by atoms with Crippen LogP contribution >= 0.6 is 0 Å². The predicted molar refractivity (Wildman–Crippen MR) is 125 cm³/mol. The average molecular weight is 463 g/mol. The van der Waals surface area contributed by atoms with Crippen molar-refractivity contribution in [1.29, 1.82) is 0 Å². The highest BCUT2D eigenvalue weighted by molar-refractivity contribution is 5.82. The first-order chi connectivity index (χ1) is 16.1. The number of ether oxygens (including phenoxy) is 2. The summed E-state index contributed by atoms with van der Waals surface area (Å²) >= 11 is 0. The van der Waals surface area contributed by atoms with Crippen LogP contribution in [0.2, 0.25) is 0 Å². The molecule has 3 aromatic rings. The number of fused-ring (bicyclic) bond motifs is 3. The highest BCUT2D eigenvalue weighted by Crippen LogP contribution is 2.44. The van der Waals surface area contributed by atoms with Crippen LogP contribution in [0.5, 0.6) is 0 Å². The zero-order valence-electron chi connectivity index (χ0n) is 19.1. The lowest BCUT2D eigenvalue weighted by atomic mass is 9.98. The Bertz CT molecular complexity index is 1190. The van der Waals surface area contributed by atoms with Crippen molar-refractivity contribution in [3.63, 3.8) is 0 Å². The Hall–Kier alpha value is -4.07. The Balaban J connectivity index is 1.46. The molecule has 0 radical (unpaired) electrons. The van der Waals surface area contributed by atoms with Crippen molar-refractivity contribution in [2.75, 3.05) is 6.61 Å². The van der Waals surface area contributed by atoms with E-state index in [4.69, 9.17) is 9.47 Å². The Morgan fingerprint density at radius 1 is 1.00 bits per heavy atom. The van der Waals surface area contributed by atoms with Gasteiger partial charge < -0.3 is 19.9 Å². The largest absolute Gasteiger partial charge is 0.479 e. The number of hydrogen-bond acceptors (Lipinski definition) is 5. The number of carbonyl (C=O) groups excluding carboxylic acids is 2. The van der Waals surface area contributed by atoms with Gasteiger partial charge in [-0.25, -0.2) is 14.4 Å². The first-order valence-corrected chi connectivity index (χ1v) is 10.9. The van der Waals surface area contributed by atoms with Crippen LogP contribution in [0.3, 0.4) is 0 Å².